The summed E-state index contributed by atoms with van der Waals surface area (Å²) >= 11 is 0. The molecule has 4 rings (SSSR count). The molecule has 0 bridgehead atoms. The molecule has 1 aliphatic heterocycles. The zero-order valence-electron chi connectivity index (χ0n) is 14.4. The van der Waals surface area contributed by atoms with Crippen molar-refractivity contribution in [1.82, 2.24) is 25.2 Å². The lowest BCUT2D eigenvalue weighted by Gasteiger charge is -2.32. The molecule has 1 unspecified atom stereocenters. The topological polar surface area (TPSA) is 98.2 Å². The fourth-order valence-corrected chi connectivity index (χ4v) is 3.18. The van der Waals surface area contributed by atoms with E-state index < -0.39 is 12.1 Å². The first kappa shape index (κ1) is 18.1. The minimum atomic E-state index is -4.71. The van der Waals surface area contributed by atoms with Crippen molar-refractivity contribution in [3.05, 3.63) is 47.8 Å². The third-order valence-electron chi connectivity index (χ3n) is 4.52. The minimum Gasteiger partial charge on any atom is -0.364 e. The van der Waals surface area contributed by atoms with Crippen LogP contribution in [-0.4, -0.2) is 44.2 Å². The highest BCUT2D eigenvalue weighted by molar-refractivity contribution is 5.92. The van der Waals surface area contributed by atoms with E-state index in [1.54, 1.807) is 17.0 Å². The van der Waals surface area contributed by atoms with Crippen LogP contribution in [0.3, 0.4) is 0 Å². The largest absolute Gasteiger partial charge is 0.471 e. The van der Waals surface area contributed by atoms with Crippen LogP contribution in [0.15, 0.2) is 39.7 Å². The van der Waals surface area contributed by atoms with Gasteiger partial charge in [0.05, 0.1) is 0 Å². The van der Waals surface area contributed by atoms with Crippen molar-refractivity contribution in [3.8, 4) is 11.5 Å². The third-order valence-corrected chi connectivity index (χ3v) is 4.52. The number of likely N-dealkylation sites (tertiary alicyclic amines) is 1. The van der Waals surface area contributed by atoms with Crippen LogP contribution in [0.2, 0.25) is 0 Å². The van der Waals surface area contributed by atoms with Crippen LogP contribution < -0.4 is 0 Å². The predicted octanol–water partition coefficient (Wildman–Crippen LogP) is 3.16. The van der Waals surface area contributed by atoms with E-state index in [1.807, 2.05) is 0 Å². The third kappa shape index (κ3) is 3.59. The molecule has 0 aliphatic carbocycles. The van der Waals surface area contributed by atoms with Gasteiger partial charge < -0.3 is 13.9 Å². The molecule has 1 saturated heterocycles. The van der Waals surface area contributed by atoms with Gasteiger partial charge in [0, 0.05) is 31.3 Å². The number of halogens is 3. The second-order valence-corrected chi connectivity index (χ2v) is 6.37. The summed E-state index contributed by atoms with van der Waals surface area (Å²) in [4.78, 5) is 21.6. The molecule has 1 aliphatic rings. The summed E-state index contributed by atoms with van der Waals surface area (Å²) in [6, 6.07) is 4.90. The van der Waals surface area contributed by atoms with E-state index in [2.05, 4.69) is 24.8 Å². The van der Waals surface area contributed by atoms with Gasteiger partial charge in [-0.1, -0.05) is 10.3 Å². The first-order valence-electron chi connectivity index (χ1n) is 8.48. The maximum absolute atomic E-state index is 12.7. The molecule has 0 spiro atoms. The predicted molar refractivity (Wildman–Crippen MR) is 86.9 cm³/mol. The molecule has 1 atom stereocenters. The summed E-state index contributed by atoms with van der Waals surface area (Å²) in [5.41, 5.74) is 1.25. The maximum Gasteiger partial charge on any atom is 0.471 e. The van der Waals surface area contributed by atoms with E-state index in [1.165, 1.54) is 18.5 Å². The number of carbonyl (C=O) groups excluding carboxylic acids is 1. The van der Waals surface area contributed by atoms with Gasteiger partial charge in [-0.3, -0.25) is 9.78 Å². The van der Waals surface area contributed by atoms with E-state index in [-0.39, 0.29) is 29.0 Å². The van der Waals surface area contributed by atoms with Gasteiger partial charge in [-0.25, -0.2) is 0 Å². The van der Waals surface area contributed by atoms with Gasteiger partial charge >= 0.3 is 12.1 Å². The van der Waals surface area contributed by atoms with Gasteiger partial charge in [-0.2, -0.15) is 18.2 Å². The van der Waals surface area contributed by atoms with Crippen LogP contribution in [0.4, 0.5) is 13.2 Å². The molecule has 28 heavy (non-hydrogen) atoms. The monoisotopic (exact) mass is 393 g/mol. The van der Waals surface area contributed by atoms with Crippen LogP contribution in [0.25, 0.3) is 11.5 Å². The summed E-state index contributed by atoms with van der Waals surface area (Å²) in [5, 5.41) is 7.03. The lowest BCUT2D eigenvalue weighted by atomic mass is 9.90. The summed E-state index contributed by atoms with van der Waals surface area (Å²) in [6.45, 7) is 1.05. The Labute approximate surface area is 156 Å². The quantitative estimate of drug-likeness (QED) is 0.674. The van der Waals surface area contributed by atoms with E-state index in [9.17, 15) is 18.0 Å². The number of piperidine rings is 1. The molecule has 8 nitrogen and oxygen atoms in total. The number of nitrogens with zero attached hydrogens (tertiary/aromatic N) is 5. The number of hydrogen-bond donors (Lipinski definition) is 0. The molecule has 11 heteroatoms. The van der Waals surface area contributed by atoms with Crippen LogP contribution in [-0.2, 0) is 6.18 Å². The van der Waals surface area contributed by atoms with Gasteiger partial charge in [0.25, 0.3) is 5.91 Å². The van der Waals surface area contributed by atoms with Crippen LogP contribution in [0, 0.1) is 0 Å². The van der Waals surface area contributed by atoms with Crippen molar-refractivity contribution in [1.29, 1.82) is 0 Å². The molecule has 0 radical (unpaired) electrons. The zero-order valence-corrected chi connectivity index (χ0v) is 14.4. The number of carbonyl (C=O) groups is 1. The number of amides is 1. The SMILES string of the molecule is O=C(c1ccon1)N1CCCC(c2ccnc(-c3noc(C(F)(F)F)n3)c2)C1. The Bertz CT molecular complexity index is 971. The van der Waals surface area contributed by atoms with Crippen molar-refractivity contribution in [2.24, 2.45) is 0 Å². The number of pyridine rings is 1. The summed E-state index contributed by atoms with van der Waals surface area (Å²) < 4.78 is 47.0. The Morgan fingerprint density at radius 1 is 1.25 bits per heavy atom. The van der Waals surface area contributed by atoms with Gasteiger partial charge in [0.15, 0.2) is 5.69 Å². The Balaban J connectivity index is 1.54. The van der Waals surface area contributed by atoms with Crippen LogP contribution in [0.5, 0.6) is 0 Å². The van der Waals surface area contributed by atoms with Crippen LogP contribution in [0.1, 0.15) is 40.7 Å². The molecule has 1 fully saturated rings. The minimum absolute atomic E-state index is 0.000313. The van der Waals surface area contributed by atoms with E-state index in [0.717, 1.165) is 18.4 Å². The second-order valence-electron chi connectivity index (χ2n) is 6.37. The fourth-order valence-electron chi connectivity index (χ4n) is 3.18. The lowest BCUT2D eigenvalue weighted by Crippen LogP contribution is -2.39. The van der Waals surface area contributed by atoms with Crippen molar-refractivity contribution < 1.29 is 27.0 Å². The van der Waals surface area contributed by atoms with Crippen molar-refractivity contribution in [2.45, 2.75) is 24.9 Å². The van der Waals surface area contributed by atoms with Crippen molar-refractivity contribution in [3.63, 3.8) is 0 Å². The van der Waals surface area contributed by atoms with Gasteiger partial charge in [0.2, 0.25) is 5.82 Å². The zero-order chi connectivity index (χ0) is 19.7. The fraction of sp³-hybridized carbons (Fsp3) is 0.353. The van der Waals surface area contributed by atoms with Gasteiger partial charge in [-0.15, -0.1) is 0 Å². The molecule has 0 N–H and O–H groups in total. The summed E-state index contributed by atoms with van der Waals surface area (Å²) in [6.07, 6.45) is -0.288. The molecular weight excluding hydrogens is 379 g/mol. The van der Waals surface area contributed by atoms with Gasteiger partial charge in [-0.05, 0) is 30.5 Å². The molecule has 3 aromatic heterocycles. The number of alkyl halides is 3. The van der Waals surface area contributed by atoms with Crippen LogP contribution >= 0.6 is 0 Å². The maximum atomic E-state index is 12.7. The van der Waals surface area contributed by atoms with Crippen molar-refractivity contribution >= 4 is 5.91 Å². The summed E-state index contributed by atoms with van der Waals surface area (Å²) in [7, 11) is 0. The lowest BCUT2D eigenvalue weighted by molar-refractivity contribution is -0.159. The molecule has 1 amide bonds. The second kappa shape index (κ2) is 7.06. The average Bonchev–Trinajstić information content (AvgIpc) is 3.39. The highest BCUT2D eigenvalue weighted by Gasteiger charge is 2.38. The number of rotatable bonds is 3. The molecular formula is C17H14F3N5O3. The molecule has 0 aromatic carbocycles. The standard InChI is InChI=1S/C17H14F3N5O3/c18-17(19,20)16-22-14(24-28-16)13-8-10(3-5-21-13)11-2-1-6-25(9-11)15(26)12-4-7-27-23-12/h3-5,7-8,11H,1-2,6,9H2. The van der Waals surface area contributed by atoms with E-state index in [4.69, 9.17) is 4.52 Å². The number of hydrogen-bond acceptors (Lipinski definition) is 7. The Morgan fingerprint density at radius 2 is 2.11 bits per heavy atom. The van der Waals surface area contributed by atoms with Gasteiger partial charge in [0.1, 0.15) is 12.0 Å². The highest BCUT2D eigenvalue weighted by atomic mass is 19.4. The number of aromatic nitrogens is 4. The average molecular weight is 393 g/mol. The molecule has 4 heterocycles. The first-order chi connectivity index (χ1) is 13.4. The van der Waals surface area contributed by atoms with Crippen molar-refractivity contribution in [2.75, 3.05) is 13.1 Å². The summed E-state index contributed by atoms with van der Waals surface area (Å²) in [5.74, 6) is -1.88. The molecule has 146 valence electrons. The molecule has 0 saturated carbocycles. The Morgan fingerprint density at radius 3 is 2.82 bits per heavy atom. The van der Waals surface area contributed by atoms with E-state index in [0.29, 0.717) is 13.1 Å². The Kier molecular flexibility index (Phi) is 4.57. The van der Waals surface area contributed by atoms with E-state index >= 15 is 0 Å². The molecule has 3 aromatic rings. The smallest absolute Gasteiger partial charge is 0.364 e. The Hall–Kier alpha value is -3.24. The normalized spacial score (nSPS) is 17.7. The first-order valence-corrected chi connectivity index (χ1v) is 8.48. The highest BCUT2D eigenvalue weighted by Crippen LogP contribution is 2.31.